The summed E-state index contributed by atoms with van der Waals surface area (Å²) >= 11 is 0. The monoisotopic (exact) mass is 319 g/mol. The number of hydrogen-bond donors (Lipinski definition) is 3. The van der Waals surface area contributed by atoms with E-state index in [9.17, 15) is 5.11 Å². The van der Waals surface area contributed by atoms with Gasteiger partial charge in [0.25, 0.3) is 0 Å². The third-order valence-electron chi connectivity index (χ3n) is 4.94. The normalized spacial score (nSPS) is 26.4. The fourth-order valence-electron chi connectivity index (χ4n) is 3.54. The minimum Gasteiger partial charge on any atom is -0.469 e. The number of guanidine groups is 1. The molecule has 0 saturated heterocycles. The summed E-state index contributed by atoms with van der Waals surface area (Å²) in [6.45, 7) is 0.727. The van der Waals surface area contributed by atoms with Gasteiger partial charge in [-0.15, -0.1) is 0 Å². The molecule has 23 heavy (non-hydrogen) atoms. The summed E-state index contributed by atoms with van der Waals surface area (Å²) < 4.78 is 5.37. The first-order valence-corrected chi connectivity index (χ1v) is 9.07. The average Bonchev–Trinajstić information content (AvgIpc) is 3.23. The molecular weight excluding hydrogens is 290 g/mol. The molecule has 128 valence electrons. The van der Waals surface area contributed by atoms with E-state index in [1.54, 1.807) is 6.26 Å². The van der Waals surface area contributed by atoms with E-state index in [2.05, 4.69) is 10.6 Å². The first-order valence-electron chi connectivity index (χ1n) is 9.07. The predicted octanol–water partition coefficient (Wildman–Crippen LogP) is 2.60. The second-order valence-corrected chi connectivity index (χ2v) is 6.84. The third kappa shape index (κ3) is 5.27. The van der Waals surface area contributed by atoms with Crippen LogP contribution in [-0.4, -0.2) is 35.8 Å². The Balaban J connectivity index is 1.53. The van der Waals surface area contributed by atoms with E-state index in [0.29, 0.717) is 12.1 Å². The molecule has 1 aromatic rings. The third-order valence-corrected chi connectivity index (χ3v) is 4.94. The summed E-state index contributed by atoms with van der Waals surface area (Å²) in [5, 5.41) is 16.8. The van der Waals surface area contributed by atoms with Gasteiger partial charge in [0.15, 0.2) is 5.96 Å². The number of furan rings is 1. The van der Waals surface area contributed by atoms with Crippen molar-refractivity contribution >= 4 is 5.96 Å². The fraction of sp³-hybridized carbons (Fsp3) is 0.722. The molecule has 0 atom stereocenters. The molecule has 0 unspecified atom stereocenters. The van der Waals surface area contributed by atoms with Gasteiger partial charge < -0.3 is 20.2 Å². The van der Waals surface area contributed by atoms with E-state index in [1.807, 2.05) is 12.1 Å². The zero-order valence-electron chi connectivity index (χ0n) is 13.8. The van der Waals surface area contributed by atoms with Crippen molar-refractivity contribution in [2.45, 2.75) is 76.0 Å². The summed E-state index contributed by atoms with van der Waals surface area (Å²) in [5.74, 6) is 1.92. The van der Waals surface area contributed by atoms with Crippen molar-refractivity contribution in [1.82, 2.24) is 10.6 Å². The van der Waals surface area contributed by atoms with Crippen LogP contribution in [0.15, 0.2) is 27.8 Å². The number of rotatable bonds is 5. The van der Waals surface area contributed by atoms with Crippen molar-refractivity contribution in [2.75, 3.05) is 6.54 Å². The molecule has 3 rings (SSSR count). The largest absolute Gasteiger partial charge is 0.469 e. The molecule has 0 aromatic carbocycles. The summed E-state index contributed by atoms with van der Waals surface area (Å²) in [6, 6.07) is 4.89. The average molecular weight is 319 g/mol. The van der Waals surface area contributed by atoms with Crippen LogP contribution in [0.4, 0.5) is 0 Å². The lowest BCUT2D eigenvalue weighted by molar-refractivity contribution is 0.120. The lowest BCUT2D eigenvalue weighted by Crippen LogP contribution is -2.48. The number of nitrogens with one attached hydrogen (secondary N) is 2. The van der Waals surface area contributed by atoms with E-state index < -0.39 is 0 Å². The molecule has 1 aromatic heterocycles. The van der Waals surface area contributed by atoms with Crippen molar-refractivity contribution < 1.29 is 9.52 Å². The summed E-state index contributed by atoms with van der Waals surface area (Å²) in [7, 11) is 0. The molecule has 3 N–H and O–H groups in total. The van der Waals surface area contributed by atoms with E-state index in [4.69, 9.17) is 9.41 Å². The smallest absolute Gasteiger partial charge is 0.191 e. The zero-order chi connectivity index (χ0) is 15.9. The van der Waals surface area contributed by atoms with Gasteiger partial charge in [0.2, 0.25) is 0 Å². The Morgan fingerprint density at radius 2 is 1.78 bits per heavy atom. The van der Waals surface area contributed by atoms with Crippen LogP contribution >= 0.6 is 0 Å². The number of aliphatic imine (C=N–C) groups is 1. The molecule has 5 heteroatoms. The molecule has 0 amide bonds. The fourth-order valence-corrected chi connectivity index (χ4v) is 3.54. The number of aliphatic hydroxyl groups excluding tert-OH is 1. The maximum absolute atomic E-state index is 9.65. The van der Waals surface area contributed by atoms with Gasteiger partial charge in [-0.25, -0.2) is 0 Å². The van der Waals surface area contributed by atoms with E-state index in [0.717, 1.165) is 50.4 Å². The predicted molar refractivity (Wildman–Crippen MR) is 91.5 cm³/mol. The topological polar surface area (TPSA) is 69.8 Å². The maximum atomic E-state index is 9.65. The second-order valence-electron chi connectivity index (χ2n) is 6.84. The van der Waals surface area contributed by atoms with Crippen molar-refractivity contribution in [3.8, 4) is 0 Å². The SMILES string of the molecule is OC1CCC(NC(=NCCc2ccco2)NC2CCCC2)CC1. The van der Waals surface area contributed by atoms with Crippen molar-refractivity contribution in [1.29, 1.82) is 0 Å². The Labute approximate surface area is 138 Å². The molecule has 2 saturated carbocycles. The minimum absolute atomic E-state index is 0.116. The van der Waals surface area contributed by atoms with Crippen LogP contribution in [0.25, 0.3) is 0 Å². The van der Waals surface area contributed by atoms with Gasteiger partial charge in [-0.3, -0.25) is 4.99 Å². The van der Waals surface area contributed by atoms with Crippen LogP contribution < -0.4 is 10.6 Å². The zero-order valence-corrected chi connectivity index (χ0v) is 13.8. The molecule has 0 radical (unpaired) electrons. The number of hydrogen-bond acceptors (Lipinski definition) is 3. The molecule has 0 bridgehead atoms. The highest BCUT2D eigenvalue weighted by Gasteiger charge is 2.22. The van der Waals surface area contributed by atoms with E-state index >= 15 is 0 Å². The Bertz CT molecular complexity index is 472. The van der Waals surface area contributed by atoms with Crippen molar-refractivity contribution in [3.05, 3.63) is 24.2 Å². The van der Waals surface area contributed by atoms with Crippen molar-refractivity contribution in [3.63, 3.8) is 0 Å². The van der Waals surface area contributed by atoms with Crippen LogP contribution in [0.5, 0.6) is 0 Å². The van der Waals surface area contributed by atoms with Gasteiger partial charge in [0, 0.05) is 25.0 Å². The molecule has 1 heterocycles. The first-order chi connectivity index (χ1) is 11.3. The van der Waals surface area contributed by atoms with Gasteiger partial charge in [0.1, 0.15) is 5.76 Å². The van der Waals surface area contributed by atoms with Crippen LogP contribution in [0.3, 0.4) is 0 Å². The van der Waals surface area contributed by atoms with Gasteiger partial charge >= 0.3 is 0 Å². The van der Waals surface area contributed by atoms with Gasteiger partial charge in [-0.1, -0.05) is 12.8 Å². The Morgan fingerprint density at radius 3 is 2.43 bits per heavy atom. The van der Waals surface area contributed by atoms with Gasteiger partial charge in [0.05, 0.1) is 12.4 Å². The molecule has 2 aliphatic rings. The standard InChI is InChI=1S/C18H29N3O2/c22-16-9-7-15(8-10-16)21-18(20-14-4-1-2-5-14)19-12-11-17-6-3-13-23-17/h3,6,13-16,22H,1-2,4-5,7-12H2,(H2,19,20,21). The quantitative estimate of drug-likeness (QED) is 0.576. The highest BCUT2D eigenvalue weighted by molar-refractivity contribution is 5.80. The Kier molecular flexibility index (Phi) is 5.97. The lowest BCUT2D eigenvalue weighted by Gasteiger charge is -2.28. The molecule has 2 aliphatic carbocycles. The second kappa shape index (κ2) is 8.39. The van der Waals surface area contributed by atoms with Crippen LogP contribution in [-0.2, 0) is 6.42 Å². The highest BCUT2D eigenvalue weighted by atomic mass is 16.3. The Morgan fingerprint density at radius 1 is 1.09 bits per heavy atom. The number of aliphatic hydroxyl groups is 1. The van der Waals surface area contributed by atoms with Gasteiger partial charge in [-0.05, 0) is 50.7 Å². The Hall–Kier alpha value is -1.49. The van der Waals surface area contributed by atoms with Crippen LogP contribution in [0.2, 0.25) is 0 Å². The number of nitrogens with zero attached hydrogens (tertiary/aromatic N) is 1. The minimum atomic E-state index is -0.116. The summed E-state index contributed by atoms with van der Waals surface area (Å²) in [4.78, 5) is 4.75. The van der Waals surface area contributed by atoms with E-state index in [-0.39, 0.29) is 6.10 Å². The maximum Gasteiger partial charge on any atom is 0.191 e. The van der Waals surface area contributed by atoms with E-state index in [1.165, 1.54) is 25.7 Å². The summed E-state index contributed by atoms with van der Waals surface area (Å²) in [5.41, 5.74) is 0. The van der Waals surface area contributed by atoms with Crippen LogP contribution in [0, 0.1) is 0 Å². The van der Waals surface area contributed by atoms with Crippen molar-refractivity contribution in [2.24, 2.45) is 4.99 Å². The van der Waals surface area contributed by atoms with Gasteiger partial charge in [-0.2, -0.15) is 0 Å². The molecule has 2 fully saturated rings. The molecule has 0 aliphatic heterocycles. The molecular formula is C18H29N3O2. The highest BCUT2D eigenvalue weighted by Crippen LogP contribution is 2.19. The summed E-state index contributed by atoms with van der Waals surface area (Å²) in [6.07, 6.45) is 11.3. The molecule has 0 spiro atoms. The van der Waals surface area contributed by atoms with Crippen LogP contribution in [0.1, 0.15) is 57.1 Å². The lowest BCUT2D eigenvalue weighted by atomic mass is 9.93. The molecule has 5 nitrogen and oxygen atoms in total. The first kappa shape index (κ1) is 16.4.